The minimum atomic E-state index is -4.85. The van der Waals surface area contributed by atoms with Crippen molar-refractivity contribution in [2.24, 2.45) is 0 Å². The molecule has 0 bridgehead atoms. The fraction of sp³-hybridized carbons (Fsp3) is 0.406. The maximum Gasteiger partial charge on any atom is 0.573 e. The largest absolute Gasteiger partial charge is 0.573 e. The fourth-order valence-electron chi connectivity index (χ4n) is 4.83. The highest BCUT2D eigenvalue weighted by Crippen LogP contribution is 2.34. The molecule has 0 aliphatic heterocycles. The number of nitrogens with zero attached hydrogens (tertiary/aromatic N) is 6. The van der Waals surface area contributed by atoms with E-state index in [1.54, 1.807) is 27.7 Å². The molecule has 10 nitrogen and oxygen atoms in total. The molecule has 0 aliphatic carbocycles. The second-order valence-corrected chi connectivity index (χ2v) is 25.1. The van der Waals surface area contributed by atoms with E-state index in [0.29, 0.717) is 58.0 Å². The maximum atomic E-state index is 13.1. The first kappa shape index (κ1) is 34.4. The third-order valence-corrected chi connectivity index (χ3v) is 10.8. The lowest BCUT2D eigenvalue weighted by atomic mass is 10.1. The first-order chi connectivity index (χ1) is 22.1. The van der Waals surface area contributed by atoms with E-state index in [1.807, 2.05) is 6.07 Å². The molecule has 250 valence electrons. The predicted octanol–water partition coefficient (Wildman–Crippen LogP) is 7.85. The number of ether oxygens (including phenoxy) is 3. The zero-order chi connectivity index (χ0) is 34.0. The minimum absolute atomic E-state index is 0.106. The Morgan fingerprint density at radius 2 is 1.55 bits per heavy atom. The zero-order valence-electron chi connectivity index (χ0n) is 27.4. The van der Waals surface area contributed by atoms with Gasteiger partial charge in [-0.3, -0.25) is 14.3 Å². The third kappa shape index (κ3) is 8.91. The monoisotopic (exact) mass is 684 g/mol. The van der Waals surface area contributed by atoms with E-state index in [1.165, 1.54) is 24.4 Å². The average molecular weight is 685 g/mol. The van der Waals surface area contributed by atoms with Gasteiger partial charge in [0.1, 0.15) is 24.9 Å². The molecule has 0 aliphatic rings. The molecule has 1 aromatic carbocycles. The van der Waals surface area contributed by atoms with Gasteiger partial charge in [0.2, 0.25) is 0 Å². The van der Waals surface area contributed by atoms with Gasteiger partial charge in [0.15, 0.2) is 17.8 Å². The van der Waals surface area contributed by atoms with Crippen molar-refractivity contribution in [2.75, 3.05) is 13.2 Å². The van der Waals surface area contributed by atoms with Crippen LogP contribution >= 0.6 is 0 Å². The predicted molar refractivity (Wildman–Crippen MR) is 180 cm³/mol. The molecular formula is C32H39F3N6O4Si2. The number of hydrogen-bond donors (Lipinski definition) is 0. The molecule has 0 spiro atoms. The number of fused-ring (bicyclic) bond motifs is 2. The van der Waals surface area contributed by atoms with Crippen LogP contribution in [-0.4, -0.2) is 71.3 Å². The van der Waals surface area contributed by atoms with E-state index < -0.39 is 22.5 Å². The van der Waals surface area contributed by atoms with E-state index in [4.69, 9.17) is 24.5 Å². The van der Waals surface area contributed by atoms with Crippen LogP contribution in [0.3, 0.4) is 0 Å². The quantitative estimate of drug-likeness (QED) is 0.0662. The van der Waals surface area contributed by atoms with Crippen LogP contribution in [0.1, 0.15) is 10.4 Å². The number of imidazole rings is 1. The van der Waals surface area contributed by atoms with E-state index in [-0.39, 0.29) is 24.7 Å². The number of rotatable bonds is 14. The first-order valence-electron chi connectivity index (χ1n) is 15.3. The lowest BCUT2D eigenvalue weighted by Crippen LogP contribution is -2.22. The molecule has 0 atom stereocenters. The van der Waals surface area contributed by atoms with Gasteiger partial charge in [-0.25, -0.2) is 14.6 Å². The van der Waals surface area contributed by atoms with Gasteiger partial charge < -0.3 is 14.2 Å². The summed E-state index contributed by atoms with van der Waals surface area (Å²) in [5, 5.41) is 5.53. The zero-order valence-corrected chi connectivity index (χ0v) is 29.4. The van der Waals surface area contributed by atoms with Crippen molar-refractivity contribution < 1.29 is 32.2 Å². The normalized spacial score (nSPS) is 12.7. The molecule has 0 N–H and O–H groups in total. The number of hydrogen-bond acceptors (Lipinski definition) is 8. The molecular weight excluding hydrogens is 646 g/mol. The second kappa shape index (κ2) is 13.7. The molecule has 0 saturated heterocycles. The van der Waals surface area contributed by atoms with Gasteiger partial charge in [0, 0.05) is 70.7 Å². The van der Waals surface area contributed by atoms with Gasteiger partial charge in [-0.05, 0) is 36.4 Å². The Bertz CT molecular complexity index is 1880. The third-order valence-electron chi connectivity index (χ3n) is 7.41. The number of halogens is 3. The highest BCUT2D eigenvalue weighted by atomic mass is 28.3. The van der Waals surface area contributed by atoms with Crippen molar-refractivity contribution >= 4 is 44.5 Å². The molecule has 4 aromatic heterocycles. The Morgan fingerprint density at radius 3 is 2.21 bits per heavy atom. The molecule has 0 saturated carbocycles. The van der Waals surface area contributed by atoms with Crippen LogP contribution in [0, 0.1) is 0 Å². The van der Waals surface area contributed by atoms with E-state index >= 15 is 0 Å². The fourth-order valence-corrected chi connectivity index (χ4v) is 6.35. The molecule has 15 heteroatoms. The Hall–Kier alpha value is -3.93. The summed E-state index contributed by atoms with van der Waals surface area (Å²) in [6, 6.07) is 9.57. The van der Waals surface area contributed by atoms with Crippen molar-refractivity contribution in [2.45, 2.75) is 71.2 Å². The molecule has 5 rings (SSSR count). The molecule has 4 heterocycles. The Balaban J connectivity index is 1.63. The highest BCUT2D eigenvalue weighted by Gasteiger charge is 2.31. The smallest absolute Gasteiger partial charge is 0.406 e. The van der Waals surface area contributed by atoms with Crippen LogP contribution in [0.15, 0.2) is 48.9 Å². The maximum absolute atomic E-state index is 13.1. The number of carbonyl (C=O) groups is 1. The van der Waals surface area contributed by atoms with Crippen molar-refractivity contribution in [3.8, 4) is 28.4 Å². The molecule has 0 radical (unpaired) electrons. The van der Waals surface area contributed by atoms with E-state index in [2.05, 4.69) is 49.0 Å². The first-order valence-corrected chi connectivity index (χ1v) is 22.7. The molecule has 5 aromatic rings. The topological polar surface area (TPSA) is 106 Å². The van der Waals surface area contributed by atoms with Gasteiger partial charge in [0.05, 0.1) is 16.4 Å². The SMILES string of the molecule is C[Si](C)(C)CCOCn1nc(-c2nc3cc(OC(F)(F)F)ccc3n2COCC[Si](C)(C)C)c2cc(-c3cncc(C=O)c3)cnc21. The lowest BCUT2D eigenvalue weighted by Gasteiger charge is -2.16. The van der Waals surface area contributed by atoms with Crippen LogP contribution < -0.4 is 4.74 Å². The highest BCUT2D eigenvalue weighted by molar-refractivity contribution is 6.76. The Kier molecular flexibility index (Phi) is 10.0. The molecule has 0 amide bonds. The van der Waals surface area contributed by atoms with Crippen molar-refractivity contribution in [3.63, 3.8) is 0 Å². The number of pyridine rings is 2. The summed E-state index contributed by atoms with van der Waals surface area (Å²) in [6.07, 6.45) is 0.682. The van der Waals surface area contributed by atoms with Crippen molar-refractivity contribution in [1.29, 1.82) is 0 Å². The lowest BCUT2D eigenvalue weighted by molar-refractivity contribution is -0.274. The summed E-state index contributed by atoms with van der Waals surface area (Å²) in [5.74, 6) is 0.0141. The number of aldehydes is 1. The van der Waals surface area contributed by atoms with Crippen molar-refractivity contribution in [1.82, 2.24) is 29.3 Å². The number of aromatic nitrogens is 6. The summed E-state index contributed by atoms with van der Waals surface area (Å²) in [7, 11) is -2.71. The summed E-state index contributed by atoms with van der Waals surface area (Å²) in [4.78, 5) is 25.1. The van der Waals surface area contributed by atoms with Gasteiger partial charge in [-0.1, -0.05) is 39.3 Å². The Labute approximate surface area is 272 Å². The Morgan fingerprint density at radius 1 is 0.872 bits per heavy atom. The minimum Gasteiger partial charge on any atom is -0.406 e. The number of alkyl halides is 3. The van der Waals surface area contributed by atoms with Crippen LogP contribution in [0.5, 0.6) is 5.75 Å². The van der Waals surface area contributed by atoms with Crippen LogP contribution in [-0.2, 0) is 22.9 Å². The van der Waals surface area contributed by atoms with Crippen LogP contribution in [0.2, 0.25) is 51.4 Å². The summed E-state index contributed by atoms with van der Waals surface area (Å²) >= 11 is 0. The van der Waals surface area contributed by atoms with Gasteiger partial charge >= 0.3 is 6.36 Å². The standard InChI is InChI=1S/C32H39F3N6O4Si2/c1-46(2,3)11-9-43-20-40-28-8-7-25(45-32(33,34)35)15-27(28)38-31(40)29-26-14-24(23-13-22(19-42)16-36-17-23)18-37-30(26)41(39-29)21-44-10-12-47(4,5)6/h7-8,13-19H,9-12,20-21H2,1-6H3. The second-order valence-electron chi connectivity index (χ2n) is 13.8. The van der Waals surface area contributed by atoms with Crippen LogP contribution in [0.4, 0.5) is 13.2 Å². The molecule has 0 fully saturated rings. The van der Waals surface area contributed by atoms with Gasteiger partial charge in [-0.15, -0.1) is 13.2 Å². The average Bonchev–Trinajstić information content (AvgIpc) is 3.52. The van der Waals surface area contributed by atoms with E-state index in [9.17, 15) is 18.0 Å². The molecule has 47 heavy (non-hydrogen) atoms. The van der Waals surface area contributed by atoms with Crippen molar-refractivity contribution in [3.05, 3.63) is 54.5 Å². The molecule has 0 unspecified atom stereocenters. The van der Waals surface area contributed by atoms with Gasteiger partial charge in [0.25, 0.3) is 0 Å². The van der Waals surface area contributed by atoms with Gasteiger partial charge in [-0.2, -0.15) is 5.10 Å². The number of carbonyl (C=O) groups excluding carboxylic acids is 1. The summed E-state index contributed by atoms with van der Waals surface area (Å²) < 4.78 is 59.0. The number of benzene rings is 1. The summed E-state index contributed by atoms with van der Waals surface area (Å²) in [6.45, 7) is 14.9. The van der Waals surface area contributed by atoms with Crippen LogP contribution in [0.25, 0.3) is 44.7 Å². The van der Waals surface area contributed by atoms with E-state index in [0.717, 1.165) is 18.4 Å². The summed E-state index contributed by atoms with van der Waals surface area (Å²) in [5.41, 5.74) is 3.64.